The van der Waals surface area contributed by atoms with E-state index >= 15 is 0 Å². The molecule has 1 unspecified atom stereocenters. The summed E-state index contributed by atoms with van der Waals surface area (Å²) in [5, 5.41) is 8.47. The molecule has 0 radical (unpaired) electrons. The number of hydrogen-bond acceptors (Lipinski definition) is 3. The van der Waals surface area contributed by atoms with Crippen LogP contribution in [0.3, 0.4) is 0 Å². The Morgan fingerprint density at radius 1 is 1.64 bits per heavy atom. The number of ether oxygens (including phenoxy) is 1. The molecule has 1 aliphatic rings. The standard InChI is InChI=1S/C10H17NO3/c1-2-9-7-10(13)11(8-9)3-5-14-6-4-12/h2,9,12H,1,3-8H2. The molecule has 0 aromatic rings. The Labute approximate surface area is 84.2 Å². The number of aliphatic hydroxyl groups is 1. The molecule has 0 bridgehead atoms. The van der Waals surface area contributed by atoms with Gasteiger partial charge in [-0.2, -0.15) is 0 Å². The first-order valence-corrected chi connectivity index (χ1v) is 4.87. The van der Waals surface area contributed by atoms with Gasteiger partial charge >= 0.3 is 0 Å². The number of likely N-dealkylation sites (tertiary alicyclic amines) is 1. The van der Waals surface area contributed by atoms with Gasteiger partial charge in [-0.3, -0.25) is 4.79 Å². The third-order valence-electron chi connectivity index (χ3n) is 2.32. The van der Waals surface area contributed by atoms with E-state index in [0.717, 1.165) is 6.54 Å². The van der Waals surface area contributed by atoms with Gasteiger partial charge in [0, 0.05) is 25.4 Å². The van der Waals surface area contributed by atoms with Crippen molar-refractivity contribution < 1.29 is 14.6 Å². The molecule has 0 aromatic heterocycles. The zero-order valence-electron chi connectivity index (χ0n) is 8.32. The van der Waals surface area contributed by atoms with Crippen LogP contribution in [0.2, 0.25) is 0 Å². The number of rotatable bonds is 6. The Hall–Kier alpha value is -0.870. The summed E-state index contributed by atoms with van der Waals surface area (Å²) in [4.78, 5) is 13.2. The molecule has 1 aliphatic heterocycles. The average Bonchev–Trinajstić information content (AvgIpc) is 2.54. The van der Waals surface area contributed by atoms with Crippen LogP contribution in [0, 0.1) is 5.92 Å². The van der Waals surface area contributed by atoms with Crippen molar-refractivity contribution in [3.63, 3.8) is 0 Å². The second-order valence-corrected chi connectivity index (χ2v) is 3.38. The first kappa shape index (κ1) is 11.2. The number of amides is 1. The van der Waals surface area contributed by atoms with Crippen LogP contribution in [0.5, 0.6) is 0 Å². The van der Waals surface area contributed by atoms with Crippen LogP contribution in [0.15, 0.2) is 12.7 Å². The normalized spacial score (nSPS) is 21.6. The fourth-order valence-corrected chi connectivity index (χ4v) is 1.52. The van der Waals surface area contributed by atoms with Crippen molar-refractivity contribution in [2.24, 2.45) is 5.92 Å². The molecular formula is C10H17NO3. The largest absolute Gasteiger partial charge is 0.394 e. The van der Waals surface area contributed by atoms with Crippen LogP contribution in [-0.2, 0) is 9.53 Å². The summed E-state index contributed by atoms with van der Waals surface area (Å²) < 4.78 is 5.09. The molecule has 1 heterocycles. The molecular weight excluding hydrogens is 182 g/mol. The van der Waals surface area contributed by atoms with E-state index in [-0.39, 0.29) is 12.5 Å². The highest BCUT2D eigenvalue weighted by Crippen LogP contribution is 2.17. The van der Waals surface area contributed by atoms with Crippen LogP contribution in [0.4, 0.5) is 0 Å². The van der Waals surface area contributed by atoms with Gasteiger partial charge in [0.15, 0.2) is 0 Å². The minimum Gasteiger partial charge on any atom is -0.394 e. The van der Waals surface area contributed by atoms with Gasteiger partial charge < -0.3 is 14.7 Å². The minimum absolute atomic E-state index is 0.0310. The van der Waals surface area contributed by atoms with Gasteiger partial charge in [-0.15, -0.1) is 6.58 Å². The van der Waals surface area contributed by atoms with E-state index in [2.05, 4.69) is 6.58 Å². The molecule has 0 spiro atoms. The Balaban J connectivity index is 2.18. The molecule has 0 aliphatic carbocycles. The van der Waals surface area contributed by atoms with E-state index < -0.39 is 0 Å². The van der Waals surface area contributed by atoms with E-state index in [1.807, 2.05) is 6.08 Å². The van der Waals surface area contributed by atoms with Crippen LogP contribution < -0.4 is 0 Å². The maximum atomic E-state index is 11.4. The Bertz CT molecular complexity index is 206. The van der Waals surface area contributed by atoms with Crippen LogP contribution >= 0.6 is 0 Å². The predicted octanol–water partition coefficient (Wildman–Crippen LogP) is 0.0298. The third-order valence-corrected chi connectivity index (χ3v) is 2.32. The molecule has 4 nitrogen and oxygen atoms in total. The highest BCUT2D eigenvalue weighted by Gasteiger charge is 2.26. The molecule has 14 heavy (non-hydrogen) atoms. The highest BCUT2D eigenvalue weighted by molar-refractivity contribution is 5.78. The van der Waals surface area contributed by atoms with Gasteiger partial charge in [-0.1, -0.05) is 6.08 Å². The molecule has 1 rings (SSSR count). The lowest BCUT2D eigenvalue weighted by atomic mass is 10.1. The second-order valence-electron chi connectivity index (χ2n) is 3.38. The topological polar surface area (TPSA) is 49.8 Å². The molecule has 1 atom stereocenters. The van der Waals surface area contributed by atoms with E-state index in [1.54, 1.807) is 4.90 Å². The lowest BCUT2D eigenvalue weighted by Crippen LogP contribution is -2.29. The highest BCUT2D eigenvalue weighted by atomic mass is 16.5. The predicted molar refractivity (Wildman–Crippen MR) is 52.8 cm³/mol. The van der Waals surface area contributed by atoms with Gasteiger partial charge in [0.1, 0.15) is 0 Å². The zero-order valence-corrected chi connectivity index (χ0v) is 8.32. The molecule has 1 saturated heterocycles. The Morgan fingerprint density at radius 2 is 2.43 bits per heavy atom. The first-order chi connectivity index (χ1) is 6.77. The van der Waals surface area contributed by atoms with Crippen molar-refractivity contribution in [3.8, 4) is 0 Å². The molecule has 4 heteroatoms. The van der Waals surface area contributed by atoms with E-state index in [4.69, 9.17) is 9.84 Å². The lowest BCUT2D eigenvalue weighted by molar-refractivity contribution is -0.128. The minimum atomic E-state index is 0.0310. The second kappa shape index (κ2) is 5.78. The summed E-state index contributed by atoms with van der Waals surface area (Å²) in [6, 6.07) is 0. The molecule has 1 fully saturated rings. The Kier molecular flexibility index (Phi) is 4.62. The summed E-state index contributed by atoms with van der Waals surface area (Å²) in [6.45, 7) is 5.91. The van der Waals surface area contributed by atoms with Crippen LogP contribution in [0.25, 0.3) is 0 Å². The monoisotopic (exact) mass is 199 g/mol. The van der Waals surface area contributed by atoms with Gasteiger partial charge in [-0.05, 0) is 0 Å². The van der Waals surface area contributed by atoms with Gasteiger partial charge in [0.25, 0.3) is 0 Å². The lowest BCUT2D eigenvalue weighted by Gasteiger charge is -2.15. The number of aliphatic hydroxyl groups excluding tert-OH is 1. The molecule has 0 saturated carbocycles. The van der Waals surface area contributed by atoms with Crippen molar-refractivity contribution in [2.45, 2.75) is 6.42 Å². The smallest absolute Gasteiger partial charge is 0.223 e. The Morgan fingerprint density at radius 3 is 3.00 bits per heavy atom. The van der Waals surface area contributed by atoms with Gasteiger partial charge in [0.05, 0.1) is 19.8 Å². The summed E-state index contributed by atoms with van der Waals surface area (Å²) in [5.41, 5.74) is 0. The fourth-order valence-electron chi connectivity index (χ4n) is 1.52. The molecule has 80 valence electrons. The molecule has 0 aromatic carbocycles. The summed E-state index contributed by atoms with van der Waals surface area (Å²) in [7, 11) is 0. The number of carbonyl (C=O) groups is 1. The summed E-state index contributed by atoms with van der Waals surface area (Å²) in [5.74, 6) is 0.461. The number of hydrogen-bond donors (Lipinski definition) is 1. The van der Waals surface area contributed by atoms with Gasteiger partial charge in [0.2, 0.25) is 5.91 Å². The summed E-state index contributed by atoms with van der Waals surface area (Å²) >= 11 is 0. The van der Waals surface area contributed by atoms with Gasteiger partial charge in [-0.25, -0.2) is 0 Å². The number of nitrogens with zero attached hydrogens (tertiary/aromatic N) is 1. The van der Waals surface area contributed by atoms with Crippen LogP contribution in [-0.4, -0.2) is 48.8 Å². The van der Waals surface area contributed by atoms with Crippen molar-refractivity contribution in [2.75, 3.05) is 32.9 Å². The first-order valence-electron chi connectivity index (χ1n) is 4.87. The summed E-state index contributed by atoms with van der Waals surface area (Å²) in [6.07, 6.45) is 2.40. The van der Waals surface area contributed by atoms with Crippen molar-refractivity contribution in [1.82, 2.24) is 4.90 Å². The average molecular weight is 199 g/mol. The quantitative estimate of drug-likeness (QED) is 0.485. The maximum Gasteiger partial charge on any atom is 0.223 e. The van der Waals surface area contributed by atoms with Crippen molar-refractivity contribution >= 4 is 5.91 Å². The number of carbonyl (C=O) groups excluding carboxylic acids is 1. The van der Waals surface area contributed by atoms with E-state index in [1.165, 1.54) is 0 Å². The van der Waals surface area contributed by atoms with Crippen LogP contribution in [0.1, 0.15) is 6.42 Å². The van der Waals surface area contributed by atoms with E-state index in [9.17, 15) is 4.79 Å². The SMILES string of the molecule is C=CC1CC(=O)N(CCOCCO)C1. The molecule has 1 N–H and O–H groups in total. The van der Waals surface area contributed by atoms with Crippen molar-refractivity contribution in [1.29, 1.82) is 0 Å². The third kappa shape index (κ3) is 3.12. The molecule has 1 amide bonds. The van der Waals surface area contributed by atoms with Crippen molar-refractivity contribution in [3.05, 3.63) is 12.7 Å². The fraction of sp³-hybridized carbons (Fsp3) is 0.700. The van der Waals surface area contributed by atoms with E-state index in [0.29, 0.717) is 32.1 Å². The maximum absolute atomic E-state index is 11.4. The zero-order chi connectivity index (χ0) is 10.4.